The van der Waals surface area contributed by atoms with Crippen LogP contribution in [0.2, 0.25) is 0 Å². The molecule has 3 rings (SSSR count). The normalized spacial score (nSPS) is 23.6. The van der Waals surface area contributed by atoms with E-state index in [1.54, 1.807) is 18.2 Å². The van der Waals surface area contributed by atoms with Gasteiger partial charge in [-0.05, 0) is 24.5 Å². The van der Waals surface area contributed by atoms with Crippen molar-refractivity contribution in [2.24, 2.45) is 0 Å². The molecule has 1 aromatic rings. The second-order valence-electron chi connectivity index (χ2n) is 5.33. The van der Waals surface area contributed by atoms with E-state index >= 15 is 0 Å². The van der Waals surface area contributed by atoms with Gasteiger partial charge in [-0.15, -0.1) is 0 Å². The van der Waals surface area contributed by atoms with Crippen molar-refractivity contribution in [3.8, 4) is 0 Å². The molecule has 0 unspecified atom stereocenters. The van der Waals surface area contributed by atoms with E-state index in [2.05, 4.69) is 5.32 Å². The summed E-state index contributed by atoms with van der Waals surface area (Å²) < 4.78 is 22.8. The van der Waals surface area contributed by atoms with Gasteiger partial charge in [0.05, 0.1) is 11.5 Å². The highest BCUT2D eigenvalue weighted by Crippen LogP contribution is 2.25. The molecule has 6 heteroatoms. The van der Waals surface area contributed by atoms with Crippen LogP contribution in [0.5, 0.6) is 0 Å². The van der Waals surface area contributed by atoms with Crippen molar-refractivity contribution in [1.29, 1.82) is 0 Å². The monoisotopic (exact) mass is 293 g/mol. The molecule has 5 nitrogen and oxygen atoms in total. The Bertz CT molecular complexity index is 693. The second-order valence-corrected chi connectivity index (χ2v) is 7.56. The Morgan fingerprint density at radius 1 is 1.25 bits per heavy atom. The van der Waals surface area contributed by atoms with E-state index in [0.717, 1.165) is 5.56 Å². The van der Waals surface area contributed by atoms with Crippen LogP contribution < -0.4 is 5.32 Å². The van der Waals surface area contributed by atoms with E-state index in [1.165, 1.54) is 0 Å². The predicted molar refractivity (Wildman–Crippen MR) is 73.6 cm³/mol. The third-order valence-electron chi connectivity index (χ3n) is 3.89. The Hall–Kier alpha value is -1.69. The molecule has 1 amide bonds. The molecule has 1 fully saturated rings. The van der Waals surface area contributed by atoms with E-state index in [4.69, 9.17) is 0 Å². The average Bonchev–Trinajstić information content (AvgIpc) is 2.93. The number of benzene rings is 1. The predicted octanol–water partition coefficient (Wildman–Crippen LogP) is 0.732. The molecular formula is C14H15NO4S. The third-order valence-corrected chi connectivity index (χ3v) is 5.66. The Balaban J connectivity index is 1.81. The lowest BCUT2D eigenvalue weighted by Crippen LogP contribution is -2.36. The van der Waals surface area contributed by atoms with E-state index in [9.17, 15) is 18.0 Å². The van der Waals surface area contributed by atoms with Crippen LogP contribution in [-0.2, 0) is 16.3 Å². The van der Waals surface area contributed by atoms with Gasteiger partial charge in [0.1, 0.15) is 0 Å². The molecule has 0 aromatic heterocycles. The Morgan fingerprint density at radius 2 is 2.05 bits per heavy atom. The zero-order valence-electron chi connectivity index (χ0n) is 10.9. The average molecular weight is 293 g/mol. The van der Waals surface area contributed by atoms with Crippen molar-refractivity contribution in [3.63, 3.8) is 0 Å². The smallest absolute Gasteiger partial charge is 0.251 e. The number of hydrogen-bond donors (Lipinski definition) is 1. The summed E-state index contributed by atoms with van der Waals surface area (Å²) in [5, 5.41) is 2.77. The fourth-order valence-electron chi connectivity index (χ4n) is 2.88. The molecule has 1 heterocycles. The molecule has 2 aliphatic rings. The van der Waals surface area contributed by atoms with Crippen LogP contribution in [0.3, 0.4) is 0 Å². The van der Waals surface area contributed by atoms with E-state index < -0.39 is 9.84 Å². The summed E-state index contributed by atoms with van der Waals surface area (Å²) in [6.07, 6.45) is 1.49. The molecule has 106 valence electrons. The van der Waals surface area contributed by atoms with Gasteiger partial charge in [-0.3, -0.25) is 9.59 Å². The number of fused-ring (bicyclic) bond motifs is 1. The van der Waals surface area contributed by atoms with Crippen molar-refractivity contribution in [1.82, 2.24) is 5.32 Å². The minimum Gasteiger partial charge on any atom is -0.348 e. The van der Waals surface area contributed by atoms with Gasteiger partial charge in [0.15, 0.2) is 15.6 Å². The molecule has 0 spiro atoms. The van der Waals surface area contributed by atoms with Gasteiger partial charge in [0, 0.05) is 23.6 Å². The summed E-state index contributed by atoms with van der Waals surface area (Å²) >= 11 is 0. The number of amides is 1. The largest absolute Gasteiger partial charge is 0.348 e. The summed E-state index contributed by atoms with van der Waals surface area (Å²) in [7, 11) is -3.01. The fourth-order valence-corrected chi connectivity index (χ4v) is 4.55. The summed E-state index contributed by atoms with van der Waals surface area (Å²) in [5.41, 5.74) is 1.91. The zero-order chi connectivity index (χ0) is 14.3. The second kappa shape index (κ2) is 4.70. The number of sulfone groups is 1. The molecule has 1 N–H and O–H groups in total. The van der Waals surface area contributed by atoms with Gasteiger partial charge in [0.25, 0.3) is 5.91 Å². The highest BCUT2D eigenvalue weighted by atomic mass is 32.2. The van der Waals surface area contributed by atoms with Crippen molar-refractivity contribution < 1.29 is 18.0 Å². The minimum absolute atomic E-state index is 0.00664. The summed E-state index contributed by atoms with van der Waals surface area (Å²) in [6.45, 7) is 0. The van der Waals surface area contributed by atoms with Gasteiger partial charge in [-0.2, -0.15) is 0 Å². The van der Waals surface area contributed by atoms with Crippen molar-refractivity contribution in [3.05, 3.63) is 34.9 Å². The lowest BCUT2D eigenvalue weighted by Gasteiger charge is -2.13. The molecular weight excluding hydrogens is 278 g/mol. The third kappa shape index (κ3) is 2.35. The topological polar surface area (TPSA) is 80.3 Å². The lowest BCUT2D eigenvalue weighted by atomic mass is 10.0. The number of nitrogens with one attached hydrogen (secondary N) is 1. The van der Waals surface area contributed by atoms with E-state index in [1.807, 2.05) is 0 Å². The van der Waals surface area contributed by atoms with Crippen molar-refractivity contribution in [2.45, 2.75) is 25.3 Å². The summed E-state index contributed by atoms with van der Waals surface area (Å²) in [6, 6.07) is 4.81. The minimum atomic E-state index is -3.01. The fraction of sp³-hybridized carbons (Fsp3) is 0.429. The van der Waals surface area contributed by atoms with Crippen molar-refractivity contribution >= 4 is 21.5 Å². The highest BCUT2D eigenvalue weighted by Gasteiger charge is 2.30. The quantitative estimate of drug-likeness (QED) is 0.872. The van der Waals surface area contributed by atoms with Crippen LogP contribution >= 0.6 is 0 Å². The first kappa shape index (κ1) is 13.3. The molecule has 20 heavy (non-hydrogen) atoms. The number of rotatable bonds is 2. The Labute approximate surface area is 117 Å². The van der Waals surface area contributed by atoms with Crippen LogP contribution in [-0.4, -0.2) is 37.7 Å². The van der Waals surface area contributed by atoms with E-state index in [-0.39, 0.29) is 29.2 Å². The lowest BCUT2D eigenvalue weighted by molar-refractivity contribution is 0.0939. The highest BCUT2D eigenvalue weighted by molar-refractivity contribution is 7.91. The van der Waals surface area contributed by atoms with E-state index in [0.29, 0.717) is 30.4 Å². The molecule has 1 atom stereocenters. The maximum atomic E-state index is 12.3. The first-order chi connectivity index (χ1) is 9.46. The Morgan fingerprint density at radius 3 is 2.75 bits per heavy atom. The standard InChI is InChI=1S/C14H15NO4S/c16-13-5-4-10-11(13)2-1-3-12(10)14(17)15-9-6-7-20(18,19)8-9/h1-3,9H,4-8H2,(H,15,17)/t9-/m0/s1. The van der Waals surface area contributed by atoms with Crippen LogP contribution in [0, 0.1) is 0 Å². The molecule has 0 radical (unpaired) electrons. The molecule has 1 aliphatic heterocycles. The van der Waals surface area contributed by atoms with Crippen LogP contribution in [0.1, 0.15) is 39.1 Å². The van der Waals surface area contributed by atoms with Crippen LogP contribution in [0.15, 0.2) is 18.2 Å². The first-order valence-electron chi connectivity index (χ1n) is 6.63. The van der Waals surface area contributed by atoms with Gasteiger partial charge in [-0.1, -0.05) is 12.1 Å². The summed E-state index contributed by atoms with van der Waals surface area (Å²) in [5.74, 6) is -0.0764. The molecule has 1 aromatic carbocycles. The number of carbonyl (C=O) groups is 2. The number of carbonyl (C=O) groups excluding carboxylic acids is 2. The first-order valence-corrected chi connectivity index (χ1v) is 8.45. The number of hydrogen-bond acceptors (Lipinski definition) is 4. The Kier molecular flexibility index (Phi) is 3.12. The zero-order valence-corrected chi connectivity index (χ0v) is 11.7. The molecule has 1 saturated heterocycles. The van der Waals surface area contributed by atoms with Crippen molar-refractivity contribution in [2.75, 3.05) is 11.5 Å². The van der Waals surface area contributed by atoms with Gasteiger partial charge in [0.2, 0.25) is 0 Å². The number of ketones is 1. The SMILES string of the molecule is O=C1CCc2c1cccc2C(=O)N[C@H]1CCS(=O)(=O)C1. The molecule has 0 bridgehead atoms. The maximum absolute atomic E-state index is 12.3. The molecule has 0 saturated carbocycles. The van der Waals surface area contributed by atoms with Crippen LogP contribution in [0.25, 0.3) is 0 Å². The molecule has 1 aliphatic carbocycles. The van der Waals surface area contributed by atoms with Gasteiger partial charge < -0.3 is 5.32 Å². The maximum Gasteiger partial charge on any atom is 0.251 e. The van der Waals surface area contributed by atoms with Gasteiger partial charge in [-0.25, -0.2) is 8.42 Å². The van der Waals surface area contributed by atoms with Gasteiger partial charge >= 0.3 is 0 Å². The number of Topliss-reactive ketones (excluding diaryl/α,β-unsaturated/α-hetero) is 1. The summed E-state index contributed by atoms with van der Waals surface area (Å²) in [4.78, 5) is 23.9. The van der Waals surface area contributed by atoms with Crippen LogP contribution in [0.4, 0.5) is 0 Å².